The van der Waals surface area contributed by atoms with Crippen molar-refractivity contribution in [2.24, 2.45) is 0 Å². The van der Waals surface area contributed by atoms with Crippen molar-refractivity contribution in [2.75, 3.05) is 12.4 Å². The van der Waals surface area contributed by atoms with Crippen LogP contribution in [0.25, 0.3) is 0 Å². The zero-order valence-corrected chi connectivity index (χ0v) is 24.0. The van der Waals surface area contributed by atoms with Gasteiger partial charge in [-0.05, 0) is 68.3 Å². The molecular formula is C30H26Cl2F2N2O5. The minimum absolute atomic E-state index is 0.161. The summed E-state index contributed by atoms with van der Waals surface area (Å²) in [5, 5.41) is 6.23. The van der Waals surface area contributed by atoms with E-state index in [1.807, 2.05) is 0 Å². The zero-order chi connectivity index (χ0) is 29.9. The topological polar surface area (TPSA) is 93.7 Å². The smallest absolute Gasteiger partial charge is 0.349 e. The van der Waals surface area contributed by atoms with E-state index >= 15 is 4.39 Å². The molecule has 2 aliphatic heterocycles. The average molecular weight is 603 g/mol. The number of ether oxygens (including phenoxy) is 2. The molecule has 2 amide bonds. The largest absolute Gasteiger partial charge is 0.476 e. The van der Waals surface area contributed by atoms with Crippen LogP contribution in [-0.4, -0.2) is 30.5 Å². The molecule has 1 fully saturated rings. The van der Waals surface area contributed by atoms with Crippen molar-refractivity contribution in [3.05, 3.63) is 92.5 Å². The van der Waals surface area contributed by atoms with Gasteiger partial charge in [0.25, 0.3) is 0 Å². The number of esters is 1. The van der Waals surface area contributed by atoms with Crippen LogP contribution in [-0.2, 0) is 24.5 Å². The van der Waals surface area contributed by atoms with Crippen LogP contribution in [0, 0.1) is 18.6 Å². The summed E-state index contributed by atoms with van der Waals surface area (Å²) in [6, 6.07) is 10.4. The van der Waals surface area contributed by atoms with Gasteiger partial charge in [-0.1, -0.05) is 35.3 Å². The Bertz CT molecular complexity index is 1610. The molecule has 7 nitrogen and oxygen atoms in total. The van der Waals surface area contributed by atoms with E-state index in [1.165, 1.54) is 33.1 Å². The first kappa shape index (κ1) is 28.8. The van der Waals surface area contributed by atoms with Gasteiger partial charge in [0.15, 0.2) is 17.2 Å². The van der Waals surface area contributed by atoms with E-state index in [9.17, 15) is 18.8 Å². The molecule has 5 rings (SSSR count). The molecule has 11 heteroatoms. The third-order valence-electron chi connectivity index (χ3n) is 7.78. The SMILES string of the molecule is COC(=O)C(C)(C)Oc1ccc(Cl)cc1C1CC(=O)NC(c2c(C)ccc(F)c2F)C12C(=O)Nc1cc(Cl)ccc12. The molecule has 0 bridgehead atoms. The maximum absolute atomic E-state index is 15.6. The molecule has 3 atom stereocenters. The lowest BCUT2D eigenvalue weighted by atomic mass is 9.58. The van der Waals surface area contributed by atoms with E-state index in [0.717, 1.165) is 6.07 Å². The van der Waals surface area contributed by atoms with E-state index in [4.69, 9.17) is 32.7 Å². The van der Waals surface area contributed by atoms with Crippen LogP contribution in [0.2, 0.25) is 10.0 Å². The minimum Gasteiger partial charge on any atom is -0.476 e. The fraction of sp³-hybridized carbons (Fsp3) is 0.300. The molecule has 3 aromatic carbocycles. The van der Waals surface area contributed by atoms with Gasteiger partial charge in [-0.2, -0.15) is 0 Å². The maximum atomic E-state index is 15.6. The summed E-state index contributed by atoms with van der Waals surface area (Å²) >= 11 is 12.7. The van der Waals surface area contributed by atoms with Crippen LogP contribution in [0.5, 0.6) is 5.75 Å². The third kappa shape index (κ3) is 4.61. The highest BCUT2D eigenvalue weighted by Crippen LogP contribution is 2.59. The first-order chi connectivity index (χ1) is 19.3. The van der Waals surface area contributed by atoms with E-state index in [2.05, 4.69) is 10.6 Å². The van der Waals surface area contributed by atoms with E-state index in [1.54, 1.807) is 37.3 Å². The number of methoxy groups -OCH3 is 1. The lowest BCUT2D eigenvalue weighted by molar-refractivity contribution is -0.156. The molecule has 41 heavy (non-hydrogen) atoms. The van der Waals surface area contributed by atoms with Crippen LogP contribution >= 0.6 is 23.2 Å². The van der Waals surface area contributed by atoms with Crippen molar-refractivity contribution in [3.63, 3.8) is 0 Å². The Labute approximate surface area is 245 Å². The van der Waals surface area contributed by atoms with Gasteiger partial charge in [0, 0.05) is 39.2 Å². The van der Waals surface area contributed by atoms with Gasteiger partial charge < -0.3 is 20.1 Å². The van der Waals surface area contributed by atoms with E-state index in [0.29, 0.717) is 27.4 Å². The molecule has 1 saturated heterocycles. The lowest BCUT2D eigenvalue weighted by Crippen LogP contribution is -2.57. The number of nitrogens with one attached hydrogen (secondary N) is 2. The second-order valence-corrected chi connectivity index (χ2v) is 11.5. The Morgan fingerprint density at radius 1 is 1.05 bits per heavy atom. The number of benzene rings is 3. The molecule has 3 unspecified atom stereocenters. The predicted molar refractivity (Wildman–Crippen MR) is 149 cm³/mol. The summed E-state index contributed by atoms with van der Waals surface area (Å²) in [5.41, 5.74) is -1.90. The lowest BCUT2D eigenvalue weighted by Gasteiger charge is -2.47. The van der Waals surface area contributed by atoms with Gasteiger partial charge in [0.2, 0.25) is 11.8 Å². The van der Waals surface area contributed by atoms with Crippen LogP contribution in [0.3, 0.4) is 0 Å². The van der Waals surface area contributed by atoms with Crippen molar-refractivity contribution < 1.29 is 32.6 Å². The molecule has 0 saturated carbocycles. The number of hydrogen-bond donors (Lipinski definition) is 2. The number of piperidine rings is 1. The number of hydrogen-bond acceptors (Lipinski definition) is 5. The molecule has 2 aliphatic rings. The molecule has 0 aromatic heterocycles. The third-order valence-corrected chi connectivity index (χ3v) is 8.25. The van der Waals surface area contributed by atoms with Crippen LogP contribution in [0.15, 0.2) is 48.5 Å². The Morgan fingerprint density at radius 2 is 1.73 bits per heavy atom. The van der Waals surface area contributed by atoms with Crippen LogP contribution in [0.1, 0.15) is 54.5 Å². The number of halogens is 4. The van der Waals surface area contributed by atoms with Gasteiger partial charge in [-0.25, -0.2) is 13.6 Å². The fourth-order valence-electron chi connectivity index (χ4n) is 5.96. The average Bonchev–Trinajstić information content (AvgIpc) is 3.19. The molecule has 3 aromatic rings. The van der Waals surface area contributed by atoms with Crippen molar-refractivity contribution in [2.45, 2.75) is 50.2 Å². The fourth-order valence-corrected chi connectivity index (χ4v) is 6.31. The monoisotopic (exact) mass is 602 g/mol. The Hall–Kier alpha value is -3.69. The van der Waals surface area contributed by atoms with Crippen LogP contribution < -0.4 is 15.4 Å². The summed E-state index contributed by atoms with van der Waals surface area (Å²) in [6.45, 7) is 4.59. The number of rotatable bonds is 5. The van der Waals surface area contributed by atoms with Gasteiger partial charge in [-0.15, -0.1) is 0 Å². The first-order valence-electron chi connectivity index (χ1n) is 12.7. The Balaban J connectivity index is 1.83. The number of carbonyl (C=O) groups is 3. The number of fused-ring (bicyclic) bond motifs is 2. The van der Waals surface area contributed by atoms with Gasteiger partial charge in [0.05, 0.1) is 13.2 Å². The molecule has 0 aliphatic carbocycles. The summed E-state index contributed by atoms with van der Waals surface area (Å²) in [7, 11) is 1.22. The molecule has 214 valence electrons. The van der Waals surface area contributed by atoms with Crippen molar-refractivity contribution in [3.8, 4) is 5.75 Å². The number of amides is 2. The quantitative estimate of drug-likeness (QED) is 0.342. The summed E-state index contributed by atoms with van der Waals surface area (Å²) < 4.78 is 41.3. The Kier molecular flexibility index (Phi) is 7.24. The molecule has 2 heterocycles. The zero-order valence-electron chi connectivity index (χ0n) is 22.5. The summed E-state index contributed by atoms with van der Waals surface area (Å²) in [6.07, 6.45) is -0.239. The van der Waals surface area contributed by atoms with Gasteiger partial charge in [-0.3, -0.25) is 9.59 Å². The van der Waals surface area contributed by atoms with Crippen molar-refractivity contribution in [1.82, 2.24) is 5.32 Å². The van der Waals surface area contributed by atoms with Gasteiger partial charge >= 0.3 is 5.97 Å². The van der Waals surface area contributed by atoms with E-state index in [-0.39, 0.29) is 22.8 Å². The Morgan fingerprint density at radius 3 is 2.44 bits per heavy atom. The summed E-state index contributed by atoms with van der Waals surface area (Å²) in [5.74, 6) is -4.89. The summed E-state index contributed by atoms with van der Waals surface area (Å²) in [4.78, 5) is 40.1. The second kappa shape index (κ2) is 10.3. The predicted octanol–water partition coefficient (Wildman–Crippen LogP) is 6.15. The number of aryl methyl sites for hydroxylation is 1. The normalized spacial score (nSPS) is 21.8. The molecule has 0 radical (unpaired) electrons. The van der Waals surface area contributed by atoms with Crippen molar-refractivity contribution in [1.29, 1.82) is 0 Å². The maximum Gasteiger partial charge on any atom is 0.349 e. The second-order valence-electron chi connectivity index (χ2n) is 10.6. The van der Waals surface area contributed by atoms with Crippen LogP contribution in [0.4, 0.5) is 14.5 Å². The molecular weight excluding hydrogens is 577 g/mol. The first-order valence-corrected chi connectivity index (χ1v) is 13.5. The number of anilines is 1. The molecule has 2 N–H and O–H groups in total. The number of carbonyl (C=O) groups excluding carboxylic acids is 3. The highest BCUT2D eigenvalue weighted by Gasteiger charge is 2.62. The van der Waals surface area contributed by atoms with Crippen molar-refractivity contribution >= 4 is 46.7 Å². The minimum atomic E-state index is -1.70. The molecule has 1 spiro atoms. The van der Waals surface area contributed by atoms with Gasteiger partial charge in [0.1, 0.15) is 11.2 Å². The highest BCUT2D eigenvalue weighted by atomic mass is 35.5. The standard InChI is InChI=1S/C30H26Cl2F2N2O5/c1-14-5-9-20(33)25(34)24(14)26-30(18-8-6-16(32)12-21(18)35-27(30)38)19(13-23(37)36-26)17-11-15(31)7-10-22(17)41-29(2,3)28(39)40-4/h5-12,19,26H,13H2,1-4H3,(H,35,38)(H,36,37). The highest BCUT2D eigenvalue weighted by molar-refractivity contribution is 6.31. The van der Waals surface area contributed by atoms with E-state index < -0.39 is 52.4 Å².